The van der Waals surface area contributed by atoms with Crippen molar-refractivity contribution in [2.45, 2.75) is 32.4 Å². The molecule has 0 aliphatic carbocycles. The molecule has 5 nitrogen and oxygen atoms in total. The lowest BCUT2D eigenvalue weighted by Crippen LogP contribution is -2.51. The van der Waals surface area contributed by atoms with Gasteiger partial charge in [0.05, 0.1) is 6.61 Å². The van der Waals surface area contributed by atoms with Crippen LogP contribution in [0.25, 0.3) is 0 Å². The molecule has 1 aromatic rings. The van der Waals surface area contributed by atoms with E-state index in [4.69, 9.17) is 9.84 Å². The molecule has 0 saturated carbocycles. The van der Waals surface area contributed by atoms with Crippen LogP contribution in [0.1, 0.15) is 36.2 Å². The number of benzene rings is 1. The number of methoxy groups -OCH3 is 1. The van der Waals surface area contributed by atoms with Crippen LogP contribution in [0.4, 0.5) is 0 Å². The summed E-state index contributed by atoms with van der Waals surface area (Å²) in [6, 6.07) is 6.87. The number of carboxylic acid groups (broad SMARTS) is 1. The minimum absolute atomic E-state index is 0.315. The van der Waals surface area contributed by atoms with E-state index < -0.39 is 17.4 Å². The molecule has 104 valence electrons. The third kappa shape index (κ3) is 3.79. The Labute approximate surface area is 112 Å². The van der Waals surface area contributed by atoms with Crippen LogP contribution in [0.2, 0.25) is 0 Å². The second kappa shape index (κ2) is 6.33. The number of nitrogens with one attached hydrogen (secondary N) is 1. The van der Waals surface area contributed by atoms with Gasteiger partial charge >= 0.3 is 5.97 Å². The molecule has 1 amide bonds. The molecular formula is C14H19NO4. The number of amides is 1. The largest absolute Gasteiger partial charge is 0.480 e. The van der Waals surface area contributed by atoms with Crippen LogP contribution >= 0.6 is 0 Å². The van der Waals surface area contributed by atoms with E-state index in [0.29, 0.717) is 18.6 Å². The van der Waals surface area contributed by atoms with Crippen LogP contribution in [0, 0.1) is 0 Å². The fraction of sp³-hybridized carbons (Fsp3) is 0.429. The molecule has 0 aliphatic heterocycles. The maximum Gasteiger partial charge on any atom is 0.329 e. The van der Waals surface area contributed by atoms with Gasteiger partial charge in [0.25, 0.3) is 5.91 Å². The van der Waals surface area contributed by atoms with Crippen LogP contribution < -0.4 is 5.32 Å². The average molecular weight is 265 g/mol. The van der Waals surface area contributed by atoms with Crippen LogP contribution in [0.5, 0.6) is 0 Å². The average Bonchev–Trinajstić information content (AvgIpc) is 2.39. The Bertz CT molecular complexity index is 455. The molecule has 0 spiro atoms. The Morgan fingerprint density at radius 3 is 2.32 bits per heavy atom. The highest BCUT2D eigenvalue weighted by atomic mass is 16.5. The van der Waals surface area contributed by atoms with E-state index in [1.54, 1.807) is 38.3 Å². The molecule has 0 aromatic heterocycles. The summed E-state index contributed by atoms with van der Waals surface area (Å²) in [6.45, 7) is 3.69. The third-order valence-electron chi connectivity index (χ3n) is 3.10. The number of hydrogen-bond donors (Lipinski definition) is 2. The fourth-order valence-corrected chi connectivity index (χ4v) is 1.53. The van der Waals surface area contributed by atoms with E-state index in [1.807, 2.05) is 0 Å². The zero-order valence-corrected chi connectivity index (χ0v) is 11.4. The molecule has 0 saturated heterocycles. The standard InChI is InChI=1S/C14H19NO4/c1-4-14(2,13(17)18)15-12(16)11-7-5-10(6-8-11)9-19-3/h5-8H,4,9H2,1-3H3,(H,15,16)(H,17,18). The number of ether oxygens (including phenoxy) is 1. The Balaban J connectivity index is 2.80. The molecule has 1 aromatic carbocycles. The fourth-order valence-electron chi connectivity index (χ4n) is 1.53. The zero-order valence-electron chi connectivity index (χ0n) is 11.4. The van der Waals surface area contributed by atoms with Crippen molar-refractivity contribution in [1.82, 2.24) is 5.32 Å². The number of carbonyl (C=O) groups excluding carboxylic acids is 1. The lowest BCUT2D eigenvalue weighted by atomic mass is 9.98. The summed E-state index contributed by atoms with van der Waals surface area (Å²) in [5, 5.41) is 11.7. The summed E-state index contributed by atoms with van der Waals surface area (Å²) in [5.74, 6) is -1.44. The quantitative estimate of drug-likeness (QED) is 0.822. The van der Waals surface area contributed by atoms with Gasteiger partial charge in [0.2, 0.25) is 0 Å². The molecule has 1 atom stereocenters. The van der Waals surface area contributed by atoms with Gasteiger partial charge in [-0.15, -0.1) is 0 Å². The molecule has 0 bridgehead atoms. The van der Waals surface area contributed by atoms with E-state index in [1.165, 1.54) is 6.92 Å². The maximum atomic E-state index is 12.0. The molecule has 0 heterocycles. The summed E-state index contributed by atoms with van der Waals surface area (Å²) in [5.41, 5.74) is 0.138. The lowest BCUT2D eigenvalue weighted by molar-refractivity contribution is -0.143. The van der Waals surface area contributed by atoms with Gasteiger partial charge in [-0.2, -0.15) is 0 Å². The number of rotatable bonds is 6. The smallest absolute Gasteiger partial charge is 0.329 e. The van der Waals surface area contributed by atoms with Gasteiger partial charge in [-0.05, 0) is 31.0 Å². The summed E-state index contributed by atoms with van der Waals surface area (Å²) < 4.78 is 4.98. The molecule has 0 radical (unpaired) electrons. The monoisotopic (exact) mass is 265 g/mol. The van der Waals surface area contributed by atoms with Crippen molar-refractivity contribution in [2.75, 3.05) is 7.11 Å². The Kier molecular flexibility index (Phi) is 5.06. The molecule has 2 N–H and O–H groups in total. The third-order valence-corrected chi connectivity index (χ3v) is 3.10. The van der Waals surface area contributed by atoms with Gasteiger partial charge in [0, 0.05) is 12.7 Å². The van der Waals surface area contributed by atoms with Gasteiger partial charge in [0.1, 0.15) is 5.54 Å². The Hall–Kier alpha value is -1.88. The molecule has 0 aliphatic rings. The normalized spacial score (nSPS) is 13.6. The number of carbonyl (C=O) groups is 2. The highest BCUT2D eigenvalue weighted by molar-refractivity contribution is 5.97. The van der Waals surface area contributed by atoms with Gasteiger partial charge in [-0.3, -0.25) is 4.79 Å². The van der Waals surface area contributed by atoms with Crippen molar-refractivity contribution in [1.29, 1.82) is 0 Å². The topological polar surface area (TPSA) is 75.6 Å². The summed E-state index contributed by atoms with van der Waals surface area (Å²) in [7, 11) is 1.60. The molecule has 19 heavy (non-hydrogen) atoms. The SMILES string of the molecule is CCC(C)(NC(=O)c1ccc(COC)cc1)C(=O)O. The second-order valence-corrected chi connectivity index (χ2v) is 4.57. The van der Waals surface area contributed by atoms with E-state index in [2.05, 4.69) is 5.32 Å². The van der Waals surface area contributed by atoms with Crippen molar-refractivity contribution in [3.8, 4) is 0 Å². The van der Waals surface area contributed by atoms with Crippen LogP contribution in [-0.2, 0) is 16.1 Å². The van der Waals surface area contributed by atoms with Gasteiger partial charge < -0.3 is 15.2 Å². The van der Waals surface area contributed by atoms with Crippen LogP contribution in [-0.4, -0.2) is 29.6 Å². The van der Waals surface area contributed by atoms with Crippen molar-refractivity contribution in [2.24, 2.45) is 0 Å². The summed E-state index contributed by atoms with van der Waals surface area (Å²) in [6.07, 6.45) is 0.315. The highest BCUT2D eigenvalue weighted by Gasteiger charge is 2.32. The molecule has 0 fully saturated rings. The maximum absolute atomic E-state index is 12.0. The number of aliphatic carboxylic acids is 1. The minimum atomic E-state index is -1.25. The van der Waals surface area contributed by atoms with Crippen LogP contribution in [0.3, 0.4) is 0 Å². The Morgan fingerprint density at radius 2 is 1.89 bits per heavy atom. The molecule has 1 unspecified atom stereocenters. The predicted octanol–water partition coefficient (Wildman–Crippen LogP) is 1.82. The minimum Gasteiger partial charge on any atom is -0.480 e. The molecule has 1 rings (SSSR count). The van der Waals surface area contributed by atoms with Crippen molar-refractivity contribution < 1.29 is 19.4 Å². The van der Waals surface area contributed by atoms with E-state index >= 15 is 0 Å². The zero-order chi connectivity index (χ0) is 14.5. The first-order valence-corrected chi connectivity index (χ1v) is 6.06. The molecule has 5 heteroatoms. The lowest BCUT2D eigenvalue weighted by Gasteiger charge is -2.24. The molecular weight excluding hydrogens is 246 g/mol. The van der Waals surface area contributed by atoms with Gasteiger partial charge in [-0.25, -0.2) is 4.79 Å². The van der Waals surface area contributed by atoms with E-state index in [-0.39, 0.29) is 0 Å². The predicted molar refractivity (Wildman–Crippen MR) is 71.0 cm³/mol. The van der Waals surface area contributed by atoms with Crippen LogP contribution in [0.15, 0.2) is 24.3 Å². The van der Waals surface area contributed by atoms with Crippen molar-refractivity contribution >= 4 is 11.9 Å². The van der Waals surface area contributed by atoms with E-state index in [0.717, 1.165) is 5.56 Å². The first-order valence-electron chi connectivity index (χ1n) is 6.06. The summed E-state index contributed by atoms with van der Waals surface area (Å²) in [4.78, 5) is 23.1. The van der Waals surface area contributed by atoms with Crippen molar-refractivity contribution in [3.05, 3.63) is 35.4 Å². The van der Waals surface area contributed by atoms with Crippen molar-refractivity contribution in [3.63, 3.8) is 0 Å². The number of hydrogen-bond acceptors (Lipinski definition) is 3. The first-order chi connectivity index (χ1) is 8.92. The summed E-state index contributed by atoms with van der Waals surface area (Å²) >= 11 is 0. The van der Waals surface area contributed by atoms with E-state index in [9.17, 15) is 9.59 Å². The number of carboxylic acids is 1. The van der Waals surface area contributed by atoms with Gasteiger partial charge in [0.15, 0.2) is 0 Å². The second-order valence-electron chi connectivity index (χ2n) is 4.57. The highest BCUT2D eigenvalue weighted by Crippen LogP contribution is 2.12. The Morgan fingerprint density at radius 1 is 1.32 bits per heavy atom. The van der Waals surface area contributed by atoms with Gasteiger partial charge in [-0.1, -0.05) is 19.1 Å². The first kappa shape index (κ1) is 15.2.